The highest BCUT2D eigenvalue weighted by molar-refractivity contribution is 5.95. The molecule has 0 aliphatic carbocycles. The first-order valence-electron chi connectivity index (χ1n) is 9.29. The van der Waals surface area contributed by atoms with Crippen LogP contribution in [0.3, 0.4) is 0 Å². The molecular formula is C20H28FNO3. The molecule has 1 aromatic rings. The fourth-order valence-corrected chi connectivity index (χ4v) is 3.92. The molecule has 0 N–H and O–H groups in total. The van der Waals surface area contributed by atoms with Gasteiger partial charge in [0.25, 0.3) is 0 Å². The summed E-state index contributed by atoms with van der Waals surface area (Å²) in [7, 11) is 0. The molecule has 0 aromatic heterocycles. The minimum Gasteiger partial charge on any atom is -0.353 e. The highest BCUT2D eigenvalue weighted by Gasteiger charge is 2.44. The first kappa shape index (κ1) is 18.5. The topological polar surface area (TPSA) is 38.8 Å². The maximum absolute atomic E-state index is 12.9. The Bertz CT molecular complexity index is 581. The summed E-state index contributed by atoms with van der Waals surface area (Å²) < 4.78 is 24.7. The average Bonchev–Trinajstić information content (AvgIpc) is 2.61. The fourth-order valence-electron chi connectivity index (χ4n) is 3.92. The highest BCUT2D eigenvalue weighted by Crippen LogP contribution is 2.38. The molecule has 2 saturated heterocycles. The molecule has 4 nitrogen and oxygen atoms in total. The molecule has 2 fully saturated rings. The van der Waals surface area contributed by atoms with Crippen LogP contribution in [0.2, 0.25) is 0 Å². The van der Waals surface area contributed by atoms with Crippen LogP contribution in [-0.2, 0) is 9.47 Å². The molecule has 5 heteroatoms. The van der Waals surface area contributed by atoms with Crippen molar-refractivity contribution in [3.8, 4) is 0 Å². The predicted octanol–water partition coefficient (Wildman–Crippen LogP) is 3.65. The number of hydrogen-bond acceptors (Lipinski definition) is 4. The van der Waals surface area contributed by atoms with Gasteiger partial charge in [0.1, 0.15) is 5.82 Å². The Balaban J connectivity index is 1.42. The maximum Gasteiger partial charge on any atom is 0.162 e. The van der Waals surface area contributed by atoms with Gasteiger partial charge in [-0.15, -0.1) is 0 Å². The van der Waals surface area contributed by atoms with Crippen molar-refractivity contribution in [2.24, 2.45) is 5.92 Å². The monoisotopic (exact) mass is 349 g/mol. The number of rotatable bonds is 5. The summed E-state index contributed by atoms with van der Waals surface area (Å²) in [6, 6.07) is 5.81. The van der Waals surface area contributed by atoms with Crippen LogP contribution < -0.4 is 0 Å². The van der Waals surface area contributed by atoms with Crippen LogP contribution in [0.25, 0.3) is 0 Å². The van der Waals surface area contributed by atoms with Gasteiger partial charge in [-0.1, -0.05) is 6.92 Å². The number of hydrogen-bond donors (Lipinski definition) is 0. The zero-order valence-corrected chi connectivity index (χ0v) is 15.2. The Labute approximate surface area is 149 Å². The lowest BCUT2D eigenvalue weighted by atomic mass is 9.80. The molecule has 2 atom stereocenters. The van der Waals surface area contributed by atoms with Crippen molar-refractivity contribution in [3.63, 3.8) is 0 Å². The van der Waals surface area contributed by atoms with Gasteiger partial charge in [0.05, 0.1) is 12.2 Å². The molecule has 1 aromatic carbocycles. The molecule has 3 rings (SSSR count). The lowest BCUT2D eigenvalue weighted by Gasteiger charge is -2.49. The number of halogens is 1. The van der Waals surface area contributed by atoms with E-state index in [4.69, 9.17) is 9.47 Å². The summed E-state index contributed by atoms with van der Waals surface area (Å²) in [6.07, 6.45) is 3.27. The number of likely N-dealkylation sites (tertiary alicyclic amines) is 1. The van der Waals surface area contributed by atoms with Crippen molar-refractivity contribution in [2.45, 2.75) is 51.4 Å². The molecule has 138 valence electrons. The predicted molar refractivity (Wildman–Crippen MR) is 94.0 cm³/mol. The van der Waals surface area contributed by atoms with E-state index in [-0.39, 0.29) is 23.5 Å². The number of benzene rings is 1. The Morgan fingerprint density at radius 3 is 2.60 bits per heavy atom. The van der Waals surface area contributed by atoms with Crippen molar-refractivity contribution in [2.75, 3.05) is 26.2 Å². The summed E-state index contributed by atoms with van der Waals surface area (Å²) >= 11 is 0. The van der Waals surface area contributed by atoms with E-state index in [0.717, 1.165) is 45.5 Å². The van der Waals surface area contributed by atoms with Crippen molar-refractivity contribution in [1.29, 1.82) is 0 Å². The maximum atomic E-state index is 12.9. The molecule has 0 bridgehead atoms. The first-order chi connectivity index (χ1) is 12.0. The van der Waals surface area contributed by atoms with Gasteiger partial charge in [0, 0.05) is 31.0 Å². The van der Waals surface area contributed by atoms with Gasteiger partial charge < -0.3 is 14.4 Å². The van der Waals surface area contributed by atoms with Gasteiger partial charge in [-0.3, -0.25) is 4.79 Å². The van der Waals surface area contributed by atoms with Crippen LogP contribution in [-0.4, -0.2) is 48.8 Å². The van der Waals surface area contributed by atoms with E-state index in [2.05, 4.69) is 11.8 Å². The SMILES string of the molecule is CC1OCC(C)C2(CCN(CCCC(=O)c3ccc(F)cc3)CC2)O1. The lowest BCUT2D eigenvalue weighted by molar-refractivity contribution is -0.282. The smallest absolute Gasteiger partial charge is 0.162 e. The lowest BCUT2D eigenvalue weighted by Crippen LogP contribution is -2.55. The second-order valence-corrected chi connectivity index (χ2v) is 7.36. The molecule has 0 saturated carbocycles. The van der Waals surface area contributed by atoms with Gasteiger partial charge in [0.2, 0.25) is 0 Å². The van der Waals surface area contributed by atoms with E-state index in [1.54, 1.807) is 12.1 Å². The third-order valence-corrected chi connectivity index (χ3v) is 5.63. The summed E-state index contributed by atoms with van der Waals surface area (Å²) in [5.74, 6) is 0.201. The van der Waals surface area contributed by atoms with Gasteiger partial charge in [-0.05, 0) is 57.0 Å². The Morgan fingerprint density at radius 2 is 1.92 bits per heavy atom. The first-order valence-corrected chi connectivity index (χ1v) is 9.29. The highest BCUT2D eigenvalue weighted by atomic mass is 19.1. The molecular weight excluding hydrogens is 321 g/mol. The number of carbonyl (C=O) groups excluding carboxylic acids is 1. The molecule has 25 heavy (non-hydrogen) atoms. The van der Waals surface area contributed by atoms with Crippen LogP contribution in [0, 0.1) is 11.7 Å². The van der Waals surface area contributed by atoms with Crippen LogP contribution in [0.15, 0.2) is 24.3 Å². The van der Waals surface area contributed by atoms with Crippen LogP contribution in [0.1, 0.15) is 49.9 Å². The largest absolute Gasteiger partial charge is 0.353 e. The number of nitrogens with zero attached hydrogens (tertiary/aromatic N) is 1. The van der Waals surface area contributed by atoms with Crippen molar-refractivity contribution in [3.05, 3.63) is 35.6 Å². The quantitative estimate of drug-likeness (QED) is 0.761. The van der Waals surface area contributed by atoms with Crippen LogP contribution in [0.5, 0.6) is 0 Å². The average molecular weight is 349 g/mol. The van der Waals surface area contributed by atoms with E-state index in [9.17, 15) is 9.18 Å². The normalized spacial score (nSPS) is 26.7. The number of Topliss-reactive ketones (excluding diaryl/α,β-unsaturated/α-hetero) is 1. The van der Waals surface area contributed by atoms with E-state index >= 15 is 0 Å². The third kappa shape index (κ3) is 4.46. The number of ketones is 1. The van der Waals surface area contributed by atoms with Crippen molar-refractivity contribution in [1.82, 2.24) is 4.90 Å². The van der Waals surface area contributed by atoms with Crippen LogP contribution >= 0.6 is 0 Å². The van der Waals surface area contributed by atoms with Gasteiger partial charge >= 0.3 is 0 Å². The summed E-state index contributed by atoms with van der Waals surface area (Å²) in [5, 5.41) is 0. The number of carbonyl (C=O) groups is 1. The van der Waals surface area contributed by atoms with Crippen molar-refractivity contribution >= 4 is 5.78 Å². The fraction of sp³-hybridized carbons (Fsp3) is 0.650. The van der Waals surface area contributed by atoms with Gasteiger partial charge in [0.15, 0.2) is 12.1 Å². The van der Waals surface area contributed by atoms with E-state index in [0.29, 0.717) is 17.9 Å². The molecule has 2 unspecified atom stereocenters. The van der Waals surface area contributed by atoms with Gasteiger partial charge in [-0.25, -0.2) is 4.39 Å². The van der Waals surface area contributed by atoms with Crippen molar-refractivity contribution < 1.29 is 18.7 Å². The molecule has 0 radical (unpaired) electrons. The number of ether oxygens (including phenoxy) is 2. The summed E-state index contributed by atoms with van der Waals surface area (Å²) in [5.41, 5.74) is 0.551. The summed E-state index contributed by atoms with van der Waals surface area (Å²) in [6.45, 7) is 7.88. The Morgan fingerprint density at radius 1 is 1.24 bits per heavy atom. The standard InChI is InChI=1S/C20H28FNO3/c1-15-14-24-16(2)25-20(15)9-12-22(13-10-20)11-3-4-19(23)17-5-7-18(21)8-6-17/h5-8,15-16H,3-4,9-14H2,1-2H3. The van der Waals surface area contributed by atoms with E-state index in [1.807, 2.05) is 6.92 Å². The van der Waals surface area contributed by atoms with Gasteiger partial charge in [-0.2, -0.15) is 0 Å². The molecule has 2 heterocycles. The minimum atomic E-state index is -0.308. The number of piperidine rings is 1. The molecule has 0 amide bonds. The zero-order valence-electron chi connectivity index (χ0n) is 15.2. The van der Waals surface area contributed by atoms with E-state index in [1.165, 1.54) is 12.1 Å². The van der Waals surface area contributed by atoms with Crippen LogP contribution in [0.4, 0.5) is 4.39 Å². The summed E-state index contributed by atoms with van der Waals surface area (Å²) in [4.78, 5) is 14.6. The molecule has 2 aliphatic rings. The second-order valence-electron chi connectivity index (χ2n) is 7.36. The minimum absolute atomic E-state index is 0.0436. The molecule has 2 aliphatic heterocycles. The third-order valence-electron chi connectivity index (χ3n) is 5.63. The zero-order chi connectivity index (χ0) is 17.9. The van der Waals surface area contributed by atoms with E-state index < -0.39 is 0 Å². The Hall–Kier alpha value is -1.30. The second kappa shape index (κ2) is 7.94. The Kier molecular flexibility index (Phi) is 5.87. The molecule has 1 spiro atoms.